The fourth-order valence-corrected chi connectivity index (χ4v) is 4.85. The number of ether oxygens (including phenoxy) is 1. The normalized spacial score (nSPS) is 17.7. The Labute approximate surface area is 181 Å². The third kappa shape index (κ3) is 4.49. The van der Waals surface area contributed by atoms with Gasteiger partial charge in [-0.15, -0.1) is 21.5 Å². The second-order valence-electron chi connectivity index (χ2n) is 6.64. The molecule has 0 unspecified atom stereocenters. The molecule has 0 saturated carbocycles. The Hall–Kier alpha value is -2.84. The van der Waals surface area contributed by atoms with E-state index in [1.807, 2.05) is 31.2 Å². The van der Waals surface area contributed by atoms with Gasteiger partial charge in [-0.05, 0) is 47.9 Å². The highest BCUT2D eigenvalue weighted by atomic mass is 32.2. The Morgan fingerprint density at radius 3 is 2.53 bits per heavy atom. The van der Waals surface area contributed by atoms with Gasteiger partial charge in [-0.2, -0.15) is 0 Å². The van der Waals surface area contributed by atoms with E-state index < -0.39 is 5.92 Å². The first-order chi connectivity index (χ1) is 14.5. The number of benzene rings is 2. The zero-order valence-corrected chi connectivity index (χ0v) is 17.7. The van der Waals surface area contributed by atoms with Gasteiger partial charge in [-0.25, -0.2) is 4.39 Å². The van der Waals surface area contributed by atoms with E-state index in [1.165, 1.54) is 35.2 Å². The molecule has 1 saturated heterocycles. The van der Waals surface area contributed by atoms with Crippen LogP contribution in [0.25, 0.3) is 6.08 Å². The van der Waals surface area contributed by atoms with Gasteiger partial charge in [0.1, 0.15) is 34.1 Å². The molecule has 3 aromatic rings. The fraction of sp³-hybridized carbons (Fsp3) is 0.182. The number of rotatable bonds is 6. The van der Waals surface area contributed by atoms with E-state index in [0.29, 0.717) is 22.3 Å². The molecule has 1 aliphatic rings. The zero-order chi connectivity index (χ0) is 21.1. The number of carbonyl (C=O) groups is 1. The van der Waals surface area contributed by atoms with Crippen molar-refractivity contribution in [3.05, 3.63) is 80.4 Å². The molecule has 152 valence electrons. The SMILES string of the molecule is CCc1nnc([C@@H]2C(=N)S/C(=C\c3ccc(OCc4ccc(F)cc4)cc3)C2=O)s1. The molecule has 30 heavy (non-hydrogen) atoms. The summed E-state index contributed by atoms with van der Waals surface area (Å²) in [5.41, 5.74) is 1.72. The van der Waals surface area contributed by atoms with E-state index in [4.69, 9.17) is 10.1 Å². The van der Waals surface area contributed by atoms with Crippen molar-refractivity contribution in [2.45, 2.75) is 25.9 Å². The summed E-state index contributed by atoms with van der Waals surface area (Å²) >= 11 is 2.56. The largest absolute Gasteiger partial charge is 0.489 e. The summed E-state index contributed by atoms with van der Waals surface area (Å²) in [6.07, 6.45) is 2.55. The number of Topliss-reactive ketones (excluding diaryl/α,β-unsaturated/α-hetero) is 1. The maximum atomic E-state index is 13.0. The van der Waals surface area contributed by atoms with Crippen LogP contribution < -0.4 is 4.74 Å². The predicted octanol–water partition coefficient (Wildman–Crippen LogP) is 5.24. The predicted molar refractivity (Wildman–Crippen MR) is 118 cm³/mol. The number of aromatic nitrogens is 2. The topological polar surface area (TPSA) is 75.9 Å². The summed E-state index contributed by atoms with van der Waals surface area (Å²) in [5.74, 6) is -0.348. The minimum absolute atomic E-state index is 0.111. The number of hydrogen-bond donors (Lipinski definition) is 1. The molecule has 0 radical (unpaired) electrons. The van der Waals surface area contributed by atoms with Crippen molar-refractivity contribution in [1.29, 1.82) is 5.41 Å². The monoisotopic (exact) mass is 439 g/mol. The number of halogens is 1. The number of carbonyl (C=O) groups excluding carboxylic acids is 1. The lowest BCUT2D eigenvalue weighted by Crippen LogP contribution is -2.11. The molecular weight excluding hydrogens is 421 g/mol. The molecule has 0 spiro atoms. The summed E-state index contributed by atoms with van der Waals surface area (Å²) in [6, 6.07) is 13.5. The summed E-state index contributed by atoms with van der Waals surface area (Å²) in [7, 11) is 0. The zero-order valence-electron chi connectivity index (χ0n) is 16.1. The average Bonchev–Trinajstić information content (AvgIpc) is 3.32. The van der Waals surface area contributed by atoms with Crippen molar-refractivity contribution < 1.29 is 13.9 Å². The van der Waals surface area contributed by atoms with Gasteiger partial charge in [0, 0.05) is 0 Å². The van der Waals surface area contributed by atoms with Gasteiger partial charge in [-0.3, -0.25) is 10.2 Å². The van der Waals surface area contributed by atoms with Crippen LogP contribution in [0.5, 0.6) is 5.75 Å². The Bertz CT molecular complexity index is 1110. The molecule has 1 N–H and O–H groups in total. The lowest BCUT2D eigenvalue weighted by Gasteiger charge is -2.06. The lowest BCUT2D eigenvalue weighted by atomic mass is 10.1. The van der Waals surface area contributed by atoms with Crippen LogP contribution in [0.15, 0.2) is 53.4 Å². The molecule has 1 aliphatic heterocycles. The first kappa shape index (κ1) is 20.4. The smallest absolute Gasteiger partial charge is 0.186 e. The number of aryl methyl sites for hydroxylation is 1. The number of hydrogen-bond acceptors (Lipinski definition) is 7. The first-order valence-electron chi connectivity index (χ1n) is 9.35. The van der Waals surface area contributed by atoms with E-state index >= 15 is 0 Å². The minimum atomic E-state index is -0.641. The summed E-state index contributed by atoms with van der Waals surface area (Å²) < 4.78 is 18.7. The quantitative estimate of drug-likeness (QED) is 0.532. The second-order valence-corrected chi connectivity index (χ2v) is 8.82. The van der Waals surface area contributed by atoms with Crippen molar-refractivity contribution in [1.82, 2.24) is 10.2 Å². The third-order valence-electron chi connectivity index (χ3n) is 4.52. The molecule has 1 fully saturated rings. The molecule has 1 aromatic heterocycles. The van der Waals surface area contributed by atoms with Gasteiger partial charge in [0.15, 0.2) is 5.78 Å². The van der Waals surface area contributed by atoms with Gasteiger partial charge < -0.3 is 4.74 Å². The van der Waals surface area contributed by atoms with Crippen molar-refractivity contribution in [2.75, 3.05) is 0 Å². The second kappa shape index (κ2) is 8.89. The van der Waals surface area contributed by atoms with Crippen LogP contribution in [0.4, 0.5) is 4.39 Å². The van der Waals surface area contributed by atoms with Gasteiger partial charge >= 0.3 is 0 Å². The molecule has 2 aromatic carbocycles. The number of ketones is 1. The Morgan fingerprint density at radius 1 is 1.13 bits per heavy atom. The molecule has 0 bridgehead atoms. The maximum absolute atomic E-state index is 13.0. The highest BCUT2D eigenvalue weighted by Crippen LogP contribution is 2.41. The number of allylic oxidation sites excluding steroid dienone is 1. The number of nitrogens with one attached hydrogen (secondary N) is 1. The Kier molecular flexibility index (Phi) is 6.06. The number of thioether (sulfide) groups is 1. The summed E-state index contributed by atoms with van der Waals surface area (Å²) in [6.45, 7) is 2.33. The highest BCUT2D eigenvalue weighted by Gasteiger charge is 2.39. The first-order valence-corrected chi connectivity index (χ1v) is 11.0. The molecule has 4 rings (SSSR count). The van der Waals surface area contributed by atoms with E-state index in [0.717, 1.165) is 22.6 Å². The van der Waals surface area contributed by atoms with E-state index in [9.17, 15) is 9.18 Å². The van der Waals surface area contributed by atoms with Crippen LogP contribution in [0, 0.1) is 11.2 Å². The van der Waals surface area contributed by atoms with E-state index in [2.05, 4.69) is 10.2 Å². The molecule has 2 heterocycles. The Balaban J connectivity index is 1.43. The number of nitrogens with zero attached hydrogens (tertiary/aromatic N) is 2. The lowest BCUT2D eigenvalue weighted by molar-refractivity contribution is -0.114. The van der Waals surface area contributed by atoms with Crippen LogP contribution in [-0.2, 0) is 17.8 Å². The van der Waals surface area contributed by atoms with Gasteiger partial charge in [0.25, 0.3) is 0 Å². The van der Waals surface area contributed by atoms with Crippen molar-refractivity contribution >= 4 is 40.0 Å². The van der Waals surface area contributed by atoms with E-state index in [-0.39, 0.29) is 16.6 Å². The van der Waals surface area contributed by atoms with Crippen molar-refractivity contribution in [2.24, 2.45) is 0 Å². The van der Waals surface area contributed by atoms with E-state index in [1.54, 1.807) is 18.2 Å². The molecule has 1 atom stereocenters. The molecule has 5 nitrogen and oxygen atoms in total. The standard InChI is InChI=1S/C22H18FN3O2S2/c1-2-18-25-26-22(30-18)19-20(27)17(29-21(19)24)11-13-5-9-16(10-6-13)28-12-14-3-7-15(23)8-4-14/h3-11,19,24H,2,12H2,1H3/b17-11-,24-21?/t19-/m0/s1. The summed E-state index contributed by atoms with van der Waals surface area (Å²) in [4.78, 5) is 13.4. The third-order valence-corrected chi connectivity index (χ3v) is 6.64. The maximum Gasteiger partial charge on any atom is 0.186 e. The summed E-state index contributed by atoms with van der Waals surface area (Å²) in [5, 5.41) is 18.1. The minimum Gasteiger partial charge on any atom is -0.489 e. The van der Waals surface area contributed by atoms with Gasteiger partial charge in [0.2, 0.25) is 0 Å². The fourth-order valence-electron chi connectivity index (χ4n) is 2.90. The van der Waals surface area contributed by atoms with Crippen LogP contribution in [0.1, 0.15) is 34.0 Å². The molecule has 0 amide bonds. The van der Waals surface area contributed by atoms with Crippen molar-refractivity contribution in [3.63, 3.8) is 0 Å². The van der Waals surface area contributed by atoms with Gasteiger partial charge in [0.05, 0.1) is 9.95 Å². The van der Waals surface area contributed by atoms with Crippen LogP contribution >= 0.6 is 23.1 Å². The van der Waals surface area contributed by atoms with Gasteiger partial charge in [-0.1, -0.05) is 43.0 Å². The molecule has 0 aliphatic carbocycles. The molecule has 8 heteroatoms. The van der Waals surface area contributed by atoms with Crippen LogP contribution in [0.3, 0.4) is 0 Å². The van der Waals surface area contributed by atoms with Crippen LogP contribution in [-0.4, -0.2) is 21.0 Å². The highest BCUT2D eigenvalue weighted by molar-refractivity contribution is 8.19. The average molecular weight is 440 g/mol. The Morgan fingerprint density at radius 2 is 1.87 bits per heavy atom. The van der Waals surface area contributed by atoms with Crippen molar-refractivity contribution in [3.8, 4) is 5.75 Å². The molecular formula is C22H18FN3O2S2. The van der Waals surface area contributed by atoms with Crippen LogP contribution in [0.2, 0.25) is 0 Å².